The average Bonchev–Trinajstić information content (AvgIpc) is 2.28. The highest BCUT2D eigenvalue weighted by molar-refractivity contribution is 5.76. The minimum absolute atomic E-state index is 0.0209. The molecule has 0 bridgehead atoms. The van der Waals surface area contributed by atoms with Gasteiger partial charge in [0.25, 0.3) is 0 Å². The van der Waals surface area contributed by atoms with Gasteiger partial charge >= 0.3 is 0 Å². The Morgan fingerprint density at radius 2 is 2.17 bits per heavy atom. The molecule has 0 aliphatic heterocycles. The Morgan fingerprint density at radius 3 is 2.78 bits per heavy atom. The number of carbonyl (C=O) groups is 1. The Kier molecular flexibility index (Phi) is 5.78. The smallest absolute Gasteiger partial charge is 0.220 e. The molecule has 1 rings (SSSR count). The molecule has 4 heteroatoms. The number of carbonyl (C=O) groups excluding carboxylic acids is 1. The summed E-state index contributed by atoms with van der Waals surface area (Å²) in [5.74, 6) is -0.307. The molecule has 0 aliphatic carbocycles. The second-order valence-electron chi connectivity index (χ2n) is 4.71. The van der Waals surface area contributed by atoms with Gasteiger partial charge in [0.2, 0.25) is 5.91 Å². The van der Waals surface area contributed by atoms with Crippen LogP contribution >= 0.6 is 0 Å². The van der Waals surface area contributed by atoms with E-state index in [0.29, 0.717) is 6.42 Å². The second kappa shape index (κ2) is 7.11. The third-order valence-electron chi connectivity index (χ3n) is 2.79. The number of hydrogen-bond acceptors (Lipinski definition) is 2. The maximum atomic E-state index is 13.0. The zero-order chi connectivity index (χ0) is 13.5. The van der Waals surface area contributed by atoms with Crippen molar-refractivity contribution in [2.75, 3.05) is 0 Å². The molecule has 0 heterocycles. The van der Waals surface area contributed by atoms with Crippen LogP contribution in [0.15, 0.2) is 24.3 Å². The largest absolute Gasteiger partial charge is 0.350 e. The van der Waals surface area contributed by atoms with Crippen LogP contribution in [0.5, 0.6) is 0 Å². The maximum Gasteiger partial charge on any atom is 0.220 e. The quantitative estimate of drug-likeness (QED) is 0.817. The van der Waals surface area contributed by atoms with Crippen molar-refractivity contribution in [3.63, 3.8) is 0 Å². The molecular weight excluding hydrogens is 231 g/mol. The molecule has 0 spiro atoms. The van der Waals surface area contributed by atoms with Crippen LogP contribution in [0, 0.1) is 5.82 Å². The standard InChI is InChI=1S/C14H21FN2O/c1-10(16)5-3-8-14(18)17-11(2)12-6-4-7-13(15)9-12/h4,6-7,9-11H,3,5,8,16H2,1-2H3,(H,17,18). The topological polar surface area (TPSA) is 55.1 Å². The zero-order valence-corrected chi connectivity index (χ0v) is 10.9. The van der Waals surface area contributed by atoms with Crippen LogP contribution in [-0.2, 0) is 4.79 Å². The van der Waals surface area contributed by atoms with Crippen LogP contribution in [0.25, 0.3) is 0 Å². The predicted octanol–water partition coefficient (Wildman–Crippen LogP) is 2.52. The number of rotatable bonds is 6. The van der Waals surface area contributed by atoms with Crippen molar-refractivity contribution in [3.05, 3.63) is 35.6 Å². The van der Waals surface area contributed by atoms with E-state index >= 15 is 0 Å². The van der Waals surface area contributed by atoms with Gasteiger partial charge in [0, 0.05) is 12.5 Å². The van der Waals surface area contributed by atoms with Gasteiger partial charge in [-0.1, -0.05) is 12.1 Å². The van der Waals surface area contributed by atoms with Crippen LogP contribution < -0.4 is 11.1 Å². The molecule has 0 saturated heterocycles. The van der Waals surface area contributed by atoms with Crippen molar-refractivity contribution in [1.29, 1.82) is 0 Å². The highest BCUT2D eigenvalue weighted by Gasteiger charge is 2.10. The SMILES string of the molecule is CC(N)CCCC(=O)NC(C)c1cccc(F)c1. The van der Waals surface area contributed by atoms with Crippen LogP contribution in [0.1, 0.15) is 44.7 Å². The Labute approximate surface area is 108 Å². The molecule has 0 aromatic heterocycles. The van der Waals surface area contributed by atoms with Gasteiger partial charge in [-0.2, -0.15) is 0 Å². The van der Waals surface area contributed by atoms with E-state index in [2.05, 4.69) is 5.32 Å². The first-order valence-corrected chi connectivity index (χ1v) is 6.29. The molecule has 1 aromatic rings. The Morgan fingerprint density at radius 1 is 1.44 bits per heavy atom. The van der Waals surface area contributed by atoms with Gasteiger partial charge in [-0.05, 0) is 44.4 Å². The fourth-order valence-electron chi connectivity index (χ4n) is 1.76. The first kappa shape index (κ1) is 14.6. The Bertz CT molecular complexity index is 393. The molecule has 1 aromatic carbocycles. The fraction of sp³-hybridized carbons (Fsp3) is 0.500. The summed E-state index contributed by atoms with van der Waals surface area (Å²) in [4.78, 5) is 11.6. The van der Waals surface area contributed by atoms with Crippen molar-refractivity contribution in [2.45, 2.75) is 45.2 Å². The van der Waals surface area contributed by atoms with E-state index in [1.165, 1.54) is 12.1 Å². The summed E-state index contributed by atoms with van der Waals surface area (Å²) in [5, 5.41) is 2.85. The molecule has 2 unspecified atom stereocenters. The maximum absolute atomic E-state index is 13.0. The van der Waals surface area contributed by atoms with E-state index in [1.807, 2.05) is 13.8 Å². The van der Waals surface area contributed by atoms with Crippen molar-refractivity contribution in [1.82, 2.24) is 5.32 Å². The van der Waals surface area contributed by atoms with Crippen LogP contribution in [0.4, 0.5) is 4.39 Å². The molecule has 0 fully saturated rings. The summed E-state index contributed by atoms with van der Waals surface area (Å²) in [6.45, 7) is 3.77. The number of benzene rings is 1. The van der Waals surface area contributed by atoms with Gasteiger partial charge in [-0.25, -0.2) is 4.39 Å². The molecule has 0 aliphatic rings. The number of nitrogens with one attached hydrogen (secondary N) is 1. The summed E-state index contributed by atoms with van der Waals surface area (Å²) in [6.07, 6.45) is 2.07. The van der Waals surface area contributed by atoms with E-state index in [-0.39, 0.29) is 23.8 Å². The zero-order valence-electron chi connectivity index (χ0n) is 10.9. The molecule has 3 nitrogen and oxygen atoms in total. The van der Waals surface area contributed by atoms with E-state index in [4.69, 9.17) is 5.73 Å². The highest BCUT2D eigenvalue weighted by atomic mass is 19.1. The van der Waals surface area contributed by atoms with E-state index in [0.717, 1.165) is 18.4 Å². The molecule has 18 heavy (non-hydrogen) atoms. The highest BCUT2D eigenvalue weighted by Crippen LogP contribution is 2.13. The van der Waals surface area contributed by atoms with Gasteiger partial charge in [-0.3, -0.25) is 4.79 Å². The lowest BCUT2D eigenvalue weighted by Gasteiger charge is -2.14. The monoisotopic (exact) mass is 252 g/mol. The van der Waals surface area contributed by atoms with Crippen molar-refractivity contribution >= 4 is 5.91 Å². The van der Waals surface area contributed by atoms with Gasteiger partial charge in [-0.15, -0.1) is 0 Å². The van der Waals surface area contributed by atoms with Gasteiger partial charge in [0.15, 0.2) is 0 Å². The third-order valence-corrected chi connectivity index (χ3v) is 2.79. The normalized spacial score (nSPS) is 14.0. The number of amides is 1. The molecule has 1 amide bonds. The number of nitrogens with two attached hydrogens (primary N) is 1. The van der Waals surface area contributed by atoms with Crippen LogP contribution in [-0.4, -0.2) is 11.9 Å². The lowest BCUT2D eigenvalue weighted by Crippen LogP contribution is -2.27. The van der Waals surface area contributed by atoms with Crippen molar-refractivity contribution in [3.8, 4) is 0 Å². The molecule has 3 N–H and O–H groups in total. The Balaban J connectivity index is 2.40. The molecule has 0 radical (unpaired) electrons. The van der Waals surface area contributed by atoms with E-state index < -0.39 is 0 Å². The molecule has 0 saturated carbocycles. The van der Waals surface area contributed by atoms with Gasteiger partial charge < -0.3 is 11.1 Å². The number of hydrogen-bond donors (Lipinski definition) is 2. The summed E-state index contributed by atoms with van der Waals surface area (Å²) < 4.78 is 13.0. The fourth-order valence-corrected chi connectivity index (χ4v) is 1.76. The van der Waals surface area contributed by atoms with Crippen LogP contribution in [0.2, 0.25) is 0 Å². The summed E-state index contributed by atoms with van der Waals surface area (Å²) in [6, 6.07) is 6.22. The minimum atomic E-state index is -0.287. The van der Waals surface area contributed by atoms with E-state index in [9.17, 15) is 9.18 Å². The minimum Gasteiger partial charge on any atom is -0.350 e. The third kappa shape index (κ3) is 5.27. The number of halogens is 1. The molecule has 100 valence electrons. The van der Waals surface area contributed by atoms with Gasteiger partial charge in [0.05, 0.1) is 6.04 Å². The van der Waals surface area contributed by atoms with E-state index in [1.54, 1.807) is 12.1 Å². The average molecular weight is 252 g/mol. The summed E-state index contributed by atoms with van der Waals surface area (Å²) in [5.41, 5.74) is 6.39. The summed E-state index contributed by atoms with van der Waals surface area (Å²) >= 11 is 0. The van der Waals surface area contributed by atoms with Crippen molar-refractivity contribution < 1.29 is 9.18 Å². The first-order valence-electron chi connectivity index (χ1n) is 6.29. The van der Waals surface area contributed by atoms with Gasteiger partial charge in [0.1, 0.15) is 5.82 Å². The predicted molar refractivity (Wildman–Crippen MR) is 70.5 cm³/mol. The molecular formula is C14H21FN2O. The lowest BCUT2D eigenvalue weighted by atomic mass is 10.1. The second-order valence-corrected chi connectivity index (χ2v) is 4.71. The first-order chi connectivity index (χ1) is 8.49. The lowest BCUT2D eigenvalue weighted by molar-refractivity contribution is -0.121. The van der Waals surface area contributed by atoms with Crippen molar-refractivity contribution in [2.24, 2.45) is 5.73 Å². The summed E-state index contributed by atoms with van der Waals surface area (Å²) in [7, 11) is 0. The Hall–Kier alpha value is -1.42. The van der Waals surface area contributed by atoms with Crippen LogP contribution in [0.3, 0.4) is 0 Å². The molecule has 2 atom stereocenters.